The fourth-order valence-corrected chi connectivity index (χ4v) is 4.80. The lowest BCUT2D eigenvalue weighted by Crippen LogP contribution is -2.52. The fourth-order valence-electron chi connectivity index (χ4n) is 4.80. The number of hydrogen-bond acceptors (Lipinski definition) is 4. The first-order chi connectivity index (χ1) is 11.6. The van der Waals surface area contributed by atoms with Crippen LogP contribution in [0.4, 0.5) is 0 Å². The SMILES string of the molecule is CN[C@@H]1CCC(C(C)NCC2CC2)C2c3c(C)ccc(O)c3OC21. The topological polar surface area (TPSA) is 53.5 Å². The van der Waals surface area contributed by atoms with E-state index < -0.39 is 0 Å². The second kappa shape index (κ2) is 6.23. The summed E-state index contributed by atoms with van der Waals surface area (Å²) in [5, 5.41) is 17.5. The Morgan fingerprint density at radius 3 is 2.75 bits per heavy atom. The largest absolute Gasteiger partial charge is 0.504 e. The summed E-state index contributed by atoms with van der Waals surface area (Å²) < 4.78 is 6.30. The van der Waals surface area contributed by atoms with E-state index in [-0.39, 0.29) is 11.9 Å². The number of ether oxygens (including phenoxy) is 1. The molecule has 1 aliphatic heterocycles. The Hall–Kier alpha value is -1.26. The van der Waals surface area contributed by atoms with E-state index in [1.807, 2.05) is 13.1 Å². The van der Waals surface area contributed by atoms with Crippen molar-refractivity contribution >= 4 is 0 Å². The molecule has 0 spiro atoms. The molecular weight excluding hydrogens is 300 g/mol. The van der Waals surface area contributed by atoms with Gasteiger partial charge in [0.1, 0.15) is 6.10 Å². The molecule has 4 unspecified atom stereocenters. The fraction of sp³-hybridized carbons (Fsp3) is 0.700. The molecule has 2 aliphatic carbocycles. The third-order valence-corrected chi connectivity index (χ3v) is 6.44. The first-order valence-corrected chi connectivity index (χ1v) is 9.50. The molecule has 0 aromatic heterocycles. The summed E-state index contributed by atoms with van der Waals surface area (Å²) >= 11 is 0. The van der Waals surface area contributed by atoms with Crippen LogP contribution in [0.5, 0.6) is 11.5 Å². The molecule has 1 heterocycles. The molecule has 2 saturated carbocycles. The number of phenols is 1. The third kappa shape index (κ3) is 2.70. The van der Waals surface area contributed by atoms with E-state index in [1.54, 1.807) is 6.07 Å². The maximum atomic E-state index is 10.3. The van der Waals surface area contributed by atoms with Crippen LogP contribution < -0.4 is 15.4 Å². The molecule has 0 radical (unpaired) electrons. The van der Waals surface area contributed by atoms with E-state index >= 15 is 0 Å². The lowest BCUT2D eigenvalue weighted by Gasteiger charge is -2.41. The highest BCUT2D eigenvalue weighted by molar-refractivity contribution is 5.55. The Morgan fingerprint density at radius 1 is 1.25 bits per heavy atom. The van der Waals surface area contributed by atoms with Gasteiger partial charge < -0.3 is 20.5 Å². The molecule has 0 amide bonds. The molecular formula is C20H30N2O2. The first-order valence-electron chi connectivity index (χ1n) is 9.50. The van der Waals surface area contributed by atoms with Gasteiger partial charge in [0.2, 0.25) is 0 Å². The minimum atomic E-state index is 0.126. The average molecular weight is 330 g/mol. The average Bonchev–Trinajstić information content (AvgIpc) is 3.32. The zero-order valence-electron chi connectivity index (χ0n) is 15.0. The zero-order chi connectivity index (χ0) is 16.8. The molecule has 3 N–H and O–H groups in total. The summed E-state index contributed by atoms with van der Waals surface area (Å²) in [5.41, 5.74) is 2.48. The van der Waals surface area contributed by atoms with E-state index in [2.05, 4.69) is 24.5 Å². The van der Waals surface area contributed by atoms with Crippen molar-refractivity contribution in [2.45, 2.75) is 63.6 Å². The van der Waals surface area contributed by atoms with Crippen molar-refractivity contribution in [2.75, 3.05) is 13.6 Å². The summed E-state index contributed by atoms with van der Waals surface area (Å²) in [6, 6.07) is 4.63. The second-order valence-corrected chi connectivity index (χ2v) is 8.03. The lowest BCUT2D eigenvalue weighted by molar-refractivity contribution is 0.0776. The predicted molar refractivity (Wildman–Crippen MR) is 95.8 cm³/mol. The molecule has 132 valence electrons. The van der Waals surface area contributed by atoms with E-state index in [0.717, 1.165) is 24.6 Å². The Balaban J connectivity index is 1.64. The predicted octanol–water partition coefficient (Wildman–Crippen LogP) is 2.93. The summed E-state index contributed by atoms with van der Waals surface area (Å²) in [4.78, 5) is 0. The molecule has 1 aromatic carbocycles. The van der Waals surface area contributed by atoms with Crippen LogP contribution in [0.1, 0.15) is 49.7 Å². The van der Waals surface area contributed by atoms with Gasteiger partial charge in [-0.1, -0.05) is 6.07 Å². The van der Waals surface area contributed by atoms with Crippen LogP contribution in [0.15, 0.2) is 12.1 Å². The summed E-state index contributed by atoms with van der Waals surface area (Å²) in [5.74, 6) is 2.83. The van der Waals surface area contributed by atoms with Gasteiger partial charge in [0.25, 0.3) is 0 Å². The maximum Gasteiger partial charge on any atom is 0.165 e. The molecule has 1 aromatic rings. The number of fused-ring (bicyclic) bond motifs is 3. The van der Waals surface area contributed by atoms with E-state index in [0.29, 0.717) is 23.9 Å². The number of rotatable bonds is 5. The second-order valence-electron chi connectivity index (χ2n) is 8.03. The van der Waals surface area contributed by atoms with Crippen LogP contribution in [0.25, 0.3) is 0 Å². The highest BCUT2D eigenvalue weighted by Crippen LogP contribution is 2.53. The monoisotopic (exact) mass is 330 g/mol. The zero-order valence-corrected chi connectivity index (χ0v) is 15.0. The van der Waals surface area contributed by atoms with Crippen LogP contribution in [0.2, 0.25) is 0 Å². The summed E-state index contributed by atoms with van der Waals surface area (Å²) in [7, 11) is 2.02. The van der Waals surface area contributed by atoms with Crippen molar-refractivity contribution in [3.8, 4) is 11.5 Å². The van der Waals surface area contributed by atoms with Gasteiger partial charge >= 0.3 is 0 Å². The molecule has 0 bridgehead atoms. The Morgan fingerprint density at radius 2 is 2.04 bits per heavy atom. The molecule has 5 atom stereocenters. The molecule has 0 saturated heterocycles. The van der Waals surface area contributed by atoms with Crippen molar-refractivity contribution in [3.05, 3.63) is 23.3 Å². The highest BCUT2D eigenvalue weighted by atomic mass is 16.5. The number of nitrogens with one attached hydrogen (secondary N) is 2. The van der Waals surface area contributed by atoms with Crippen LogP contribution in [0, 0.1) is 18.8 Å². The van der Waals surface area contributed by atoms with Gasteiger partial charge in [-0.25, -0.2) is 0 Å². The number of hydrogen-bond donors (Lipinski definition) is 3. The van der Waals surface area contributed by atoms with Gasteiger partial charge in [-0.05, 0) is 76.6 Å². The van der Waals surface area contributed by atoms with Crippen LogP contribution >= 0.6 is 0 Å². The van der Waals surface area contributed by atoms with Crippen molar-refractivity contribution in [1.29, 1.82) is 0 Å². The number of benzene rings is 1. The smallest absolute Gasteiger partial charge is 0.165 e. The highest BCUT2D eigenvalue weighted by Gasteiger charge is 2.49. The van der Waals surface area contributed by atoms with Crippen molar-refractivity contribution in [1.82, 2.24) is 10.6 Å². The molecule has 4 rings (SSSR count). The normalized spacial score (nSPS) is 32.8. The Kier molecular flexibility index (Phi) is 4.21. The number of phenolic OH excluding ortho intramolecular Hbond substituents is 1. The van der Waals surface area contributed by atoms with Gasteiger partial charge in [-0.3, -0.25) is 0 Å². The van der Waals surface area contributed by atoms with Crippen LogP contribution in [-0.4, -0.2) is 36.9 Å². The first kappa shape index (κ1) is 16.2. The quantitative estimate of drug-likeness (QED) is 0.777. The van der Waals surface area contributed by atoms with Crippen molar-refractivity contribution < 1.29 is 9.84 Å². The molecule has 24 heavy (non-hydrogen) atoms. The maximum absolute atomic E-state index is 10.3. The number of aromatic hydroxyl groups is 1. The number of likely N-dealkylation sites (N-methyl/N-ethyl adjacent to an activating group) is 1. The summed E-state index contributed by atoms with van der Waals surface area (Å²) in [6.45, 7) is 5.63. The molecule has 2 fully saturated rings. The molecule has 4 nitrogen and oxygen atoms in total. The van der Waals surface area contributed by atoms with Gasteiger partial charge in [0.05, 0.1) is 0 Å². The number of aryl methyl sites for hydroxylation is 1. The van der Waals surface area contributed by atoms with Gasteiger partial charge in [0.15, 0.2) is 11.5 Å². The molecule has 4 heteroatoms. The Bertz CT molecular complexity index is 614. The third-order valence-electron chi connectivity index (χ3n) is 6.44. The minimum Gasteiger partial charge on any atom is -0.504 e. The van der Waals surface area contributed by atoms with E-state index in [4.69, 9.17) is 4.74 Å². The minimum absolute atomic E-state index is 0.126. The lowest BCUT2D eigenvalue weighted by atomic mass is 9.69. The Labute approximate surface area is 145 Å². The van der Waals surface area contributed by atoms with Crippen molar-refractivity contribution in [3.63, 3.8) is 0 Å². The standard InChI is InChI=1S/C20H30N2O2/c1-11-4-9-16(23)20-17(11)18-14(12(2)22-10-13-5-6-13)7-8-15(21-3)19(18)24-20/h4,9,12-15,18-19,21-23H,5-8,10H2,1-3H3/t12?,14?,15-,18?,19?/m1/s1. The summed E-state index contributed by atoms with van der Waals surface area (Å²) in [6.07, 6.45) is 5.23. The van der Waals surface area contributed by atoms with Crippen LogP contribution in [-0.2, 0) is 0 Å². The van der Waals surface area contributed by atoms with Gasteiger partial charge in [-0.15, -0.1) is 0 Å². The van der Waals surface area contributed by atoms with Gasteiger partial charge in [0, 0.05) is 23.6 Å². The van der Waals surface area contributed by atoms with Crippen molar-refractivity contribution in [2.24, 2.45) is 11.8 Å². The van der Waals surface area contributed by atoms with E-state index in [1.165, 1.54) is 30.4 Å². The van der Waals surface area contributed by atoms with E-state index in [9.17, 15) is 5.11 Å². The molecule has 3 aliphatic rings. The van der Waals surface area contributed by atoms with Crippen LogP contribution in [0.3, 0.4) is 0 Å². The van der Waals surface area contributed by atoms with Gasteiger partial charge in [-0.2, -0.15) is 0 Å².